The number of aryl methyl sites for hydroxylation is 1. The average Bonchev–Trinajstić information content (AvgIpc) is 2.90. The third-order valence-electron chi connectivity index (χ3n) is 3.10. The van der Waals surface area contributed by atoms with Crippen molar-refractivity contribution in [2.24, 2.45) is 0 Å². The van der Waals surface area contributed by atoms with Crippen molar-refractivity contribution in [1.29, 1.82) is 0 Å². The van der Waals surface area contributed by atoms with E-state index in [1.807, 2.05) is 19.1 Å². The van der Waals surface area contributed by atoms with Crippen molar-refractivity contribution in [3.63, 3.8) is 0 Å². The second-order valence-electron chi connectivity index (χ2n) is 4.58. The average molecular weight is 348 g/mol. The molecule has 0 radical (unpaired) electrons. The van der Waals surface area contributed by atoms with Gasteiger partial charge in [-0.05, 0) is 59.3 Å². The largest absolute Gasteiger partial charge is 0.399 e. The molecule has 0 saturated carbocycles. The minimum Gasteiger partial charge on any atom is -0.399 e. The first kappa shape index (κ1) is 13.7. The quantitative estimate of drug-likeness (QED) is 0.723. The molecule has 0 aliphatic rings. The van der Waals surface area contributed by atoms with Crippen molar-refractivity contribution in [3.8, 4) is 17.1 Å². The lowest BCUT2D eigenvalue weighted by Gasteiger charge is -2.09. The molecule has 21 heavy (non-hydrogen) atoms. The minimum atomic E-state index is -0.403. The van der Waals surface area contributed by atoms with Crippen molar-refractivity contribution >= 4 is 21.6 Å². The maximum atomic E-state index is 14.0. The molecule has 0 aliphatic heterocycles. The van der Waals surface area contributed by atoms with Crippen LogP contribution in [0.2, 0.25) is 0 Å². The Morgan fingerprint density at radius 2 is 2.00 bits per heavy atom. The van der Waals surface area contributed by atoms with Gasteiger partial charge in [0.15, 0.2) is 5.82 Å². The molecule has 0 aliphatic carbocycles. The van der Waals surface area contributed by atoms with E-state index >= 15 is 0 Å². The van der Waals surface area contributed by atoms with Crippen LogP contribution in [0.15, 0.2) is 40.9 Å². The van der Waals surface area contributed by atoms with Crippen LogP contribution in [0.3, 0.4) is 0 Å². The maximum absolute atomic E-state index is 14.0. The predicted octanol–water partition coefficient (Wildman–Crippen LogP) is 3.12. The van der Waals surface area contributed by atoms with Gasteiger partial charge in [0.25, 0.3) is 0 Å². The summed E-state index contributed by atoms with van der Waals surface area (Å²) in [5.74, 6) is 0.0596. The number of tetrazole rings is 1. The van der Waals surface area contributed by atoms with Gasteiger partial charge in [-0.2, -0.15) is 4.68 Å². The number of halogens is 2. The molecule has 2 aromatic carbocycles. The molecule has 0 atom stereocenters. The highest BCUT2D eigenvalue weighted by molar-refractivity contribution is 9.10. The van der Waals surface area contributed by atoms with Crippen LogP contribution in [0.4, 0.5) is 10.1 Å². The van der Waals surface area contributed by atoms with E-state index in [0.717, 1.165) is 15.6 Å². The molecule has 1 aromatic heterocycles. The monoisotopic (exact) mass is 347 g/mol. The Kier molecular flexibility index (Phi) is 3.42. The topological polar surface area (TPSA) is 69.6 Å². The van der Waals surface area contributed by atoms with Gasteiger partial charge in [-0.3, -0.25) is 0 Å². The zero-order chi connectivity index (χ0) is 15.0. The highest BCUT2D eigenvalue weighted by Crippen LogP contribution is 2.26. The summed E-state index contributed by atoms with van der Waals surface area (Å²) in [6, 6.07) is 10.0. The molecule has 106 valence electrons. The maximum Gasteiger partial charge on any atom is 0.187 e. The third-order valence-corrected chi connectivity index (χ3v) is 3.59. The Balaban J connectivity index is 2.19. The molecule has 0 amide bonds. The lowest BCUT2D eigenvalue weighted by Crippen LogP contribution is -2.03. The number of aromatic nitrogens is 4. The normalized spacial score (nSPS) is 10.8. The van der Waals surface area contributed by atoms with Crippen LogP contribution in [0.1, 0.15) is 5.56 Å². The van der Waals surface area contributed by atoms with E-state index in [1.54, 1.807) is 18.2 Å². The first-order valence-corrected chi connectivity index (χ1v) is 6.96. The molecular weight excluding hydrogens is 337 g/mol. The van der Waals surface area contributed by atoms with Crippen molar-refractivity contribution in [3.05, 3.63) is 52.3 Å². The summed E-state index contributed by atoms with van der Waals surface area (Å²) >= 11 is 3.32. The lowest BCUT2D eigenvalue weighted by atomic mass is 10.1. The zero-order valence-corrected chi connectivity index (χ0v) is 12.7. The summed E-state index contributed by atoms with van der Waals surface area (Å²) in [4.78, 5) is 0. The molecular formula is C14H11BrFN5. The van der Waals surface area contributed by atoms with Crippen LogP contribution in [0.25, 0.3) is 17.1 Å². The molecule has 7 heteroatoms. The van der Waals surface area contributed by atoms with Gasteiger partial charge in [0.1, 0.15) is 11.5 Å². The number of hydrogen-bond acceptors (Lipinski definition) is 4. The molecule has 0 spiro atoms. The molecule has 0 fully saturated rings. The Morgan fingerprint density at radius 1 is 1.19 bits per heavy atom. The molecule has 3 aromatic rings. The second-order valence-corrected chi connectivity index (χ2v) is 5.50. The van der Waals surface area contributed by atoms with Crippen LogP contribution in [-0.2, 0) is 0 Å². The zero-order valence-electron chi connectivity index (χ0n) is 11.1. The Bertz CT molecular complexity index is 815. The summed E-state index contributed by atoms with van der Waals surface area (Å²) in [5.41, 5.74) is 8.40. The van der Waals surface area contributed by atoms with Gasteiger partial charge in [-0.15, -0.1) is 5.10 Å². The predicted molar refractivity (Wildman–Crippen MR) is 81.4 cm³/mol. The summed E-state index contributed by atoms with van der Waals surface area (Å²) < 4.78 is 16.2. The number of nitrogens with two attached hydrogens (primary N) is 1. The van der Waals surface area contributed by atoms with Crippen LogP contribution >= 0.6 is 15.9 Å². The van der Waals surface area contributed by atoms with Crippen molar-refractivity contribution in [2.45, 2.75) is 6.92 Å². The fourth-order valence-corrected chi connectivity index (χ4v) is 2.45. The smallest absolute Gasteiger partial charge is 0.187 e. The molecule has 0 saturated heterocycles. The summed E-state index contributed by atoms with van der Waals surface area (Å²) in [7, 11) is 0. The Labute approximate surface area is 128 Å². The van der Waals surface area contributed by atoms with Gasteiger partial charge in [0, 0.05) is 15.7 Å². The lowest BCUT2D eigenvalue weighted by molar-refractivity contribution is 0.607. The van der Waals surface area contributed by atoms with Gasteiger partial charge in [0.05, 0.1) is 0 Å². The molecule has 2 N–H and O–H groups in total. The molecule has 0 bridgehead atoms. The van der Waals surface area contributed by atoms with Crippen LogP contribution in [0.5, 0.6) is 0 Å². The highest BCUT2D eigenvalue weighted by atomic mass is 79.9. The Morgan fingerprint density at radius 3 is 2.76 bits per heavy atom. The van der Waals surface area contributed by atoms with E-state index < -0.39 is 5.82 Å². The highest BCUT2D eigenvalue weighted by Gasteiger charge is 2.16. The van der Waals surface area contributed by atoms with Crippen molar-refractivity contribution in [1.82, 2.24) is 20.2 Å². The number of benzene rings is 2. The molecule has 1 heterocycles. The van der Waals surface area contributed by atoms with Crippen LogP contribution in [0, 0.1) is 12.7 Å². The van der Waals surface area contributed by atoms with Gasteiger partial charge >= 0.3 is 0 Å². The molecule has 5 nitrogen and oxygen atoms in total. The standard InChI is InChI=1S/C14H11BrFN5/c1-8-6-10(17)3-4-11(8)14-18-19-20-21(14)13-7-9(15)2-5-12(13)16/h2-7H,17H2,1H3. The van der Waals surface area contributed by atoms with Gasteiger partial charge in [-0.1, -0.05) is 15.9 Å². The first-order valence-electron chi connectivity index (χ1n) is 6.16. The molecule has 3 rings (SSSR count). The van der Waals surface area contributed by atoms with Gasteiger partial charge in [-0.25, -0.2) is 4.39 Å². The van der Waals surface area contributed by atoms with E-state index in [2.05, 4.69) is 31.5 Å². The van der Waals surface area contributed by atoms with E-state index in [4.69, 9.17) is 5.73 Å². The number of rotatable bonds is 2. The SMILES string of the molecule is Cc1cc(N)ccc1-c1nnnn1-c1cc(Br)ccc1F. The Hall–Kier alpha value is -2.28. The number of nitrogens with zero attached hydrogens (tertiary/aromatic N) is 4. The number of hydrogen-bond donors (Lipinski definition) is 1. The molecule has 0 unspecified atom stereocenters. The van der Waals surface area contributed by atoms with Gasteiger partial charge in [0.2, 0.25) is 0 Å². The van der Waals surface area contributed by atoms with Crippen molar-refractivity contribution < 1.29 is 4.39 Å². The van der Waals surface area contributed by atoms with Crippen LogP contribution < -0.4 is 5.73 Å². The minimum absolute atomic E-state index is 0.278. The van der Waals surface area contributed by atoms with Crippen LogP contribution in [-0.4, -0.2) is 20.2 Å². The first-order chi connectivity index (χ1) is 10.1. The number of nitrogen functional groups attached to an aromatic ring is 1. The van der Waals surface area contributed by atoms with E-state index in [-0.39, 0.29) is 5.69 Å². The fraction of sp³-hybridized carbons (Fsp3) is 0.0714. The summed E-state index contributed by atoms with van der Waals surface area (Å²) in [6.07, 6.45) is 0. The second kappa shape index (κ2) is 5.25. The van der Waals surface area contributed by atoms with E-state index in [9.17, 15) is 4.39 Å². The summed E-state index contributed by atoms with van der Waals surface area (Å²) in [5, 5.41) is 11.6. The van der Waals surface area contributed by atoms with E-state index in [0.29, 0.717) is 11.5 Å². The van der Waals surface area contributed by atoms with Crippen molar-refractivity contribution in [2.75, 3.05) is 5.73 Å². The number of anilines is 1. The summed E-state index contributed by atoms with van der Waals surface area (Å²) in [6.45, 7) is 1.90. The van der Waals surface area contributed by atoms with Gasteiger partial charge < -0.3 is 5.73 Å². The third kappa shape index (κ3) is 2.52. The fourth-order valence-electron chi connectivity index (χ4n) is 2.10. The van der Waals surface area contributed by atoms with E-state index in [1.165, 1.54) is 10.7 Å².